The van der Waals surface area contributed by atoms with Crippen LogP contribution in [0.1, 0.15) is 29.7 Å². The molecule has 8 nitrogen and oxygen atoms in total. The Kier molecular flexibility index (Phi) is 7.19. The number of aromatic hydroxyl groups is 1. The maximum absolute atomic E-state index is 13.2. The van der Waals surface area contributed by atoms with Gasteiger partial charge in [-0.1, -0.05) is 35.9 Å². The van der Waals surface area contributed by atoms with E-state index in [1.165, 1.54) is 15.9 Å². The number of hydrogen-bond donors (Lipinski definition) is 3. The number of quaternary nitrogens is 1. The van der Waals surface area contributed by atoms with Gasteiger partial charge in [0.2, 0.25) is 0 Å². The summed E-state index contributed by atoms with van der Waals surface area (Å²) in [6.45, 7) is 8.11. The molecule has 2 aromatic carbocycles. The van der Waals surface area contributed by atoms with E-state index < -0.39 is 17.7 Å². The summed E-state index contributed by atoms with van der Waals surface area (Å²) in [7, 11) is 0. The zero-order chi connectivity index (χ0) is 24.2. The fraction of sp³-hybridized carbons (Fsp3) is 0.385. The van der Waals surface area contributed by atoms with Gasteiger partial charge in [-0.25, -0.2) is 0 Å². The standard InChI is InChI=1S/C26H30N2O6/c1-3-34-21-16-19(8-9-20(21)29)23-22(24(30)18-6-4-17(2)5-7-18)25(31)26(32)28(23)11-10-27-12-14-33-15-13-27/h4-9,16,23,29-30H,3,10-15H2,1-2H3/p+1. The number of phenolic OH excluding ortho intramolecular Hbond substituents is 1. The number of aryl methyl sites for hydroxylation is 1. The molecule has 180 valence electrons. The summed E-state index contributed by atoms with van der Waals surface area (Å²) >= 11 is 0. The van der Waals surface area contributed by atoms with Crippen molar-refractivity contribution in [1.29, 1.82) is 0 Å². The molecule has 0 radical (unpaired) electrons. The predicted octanol–water partition coefficient (Wildman–Crippen LogP) is 1.44. The molecule has 0 spiro atoms. The molecule has 0 aliphatic carbocycles. The highest BCUT2D eigenvalue weighted by Crippen LogP contribution is 2.41. The van der Waals surface area contributed by atoms with E-state index in [0.29, 0.717) is 44.0 Å². The Morgan fingerprint density at radius 1 is 1.15 bits per heavy atom. The van der Waals surface area contributed by atoms with E-state index in [4.69, 9.17) is 9.47 Å². The molecule has 2 heterocycles. The van der Waals surface area contributed by atoms with Crippen LogP contribution in [0, 0.1) is 6.92 Å². The first-order valence-electron chi connectivity index (χ1n) is 11.6. The van der Waals surface area contributed by atoms with Gasteiger partial charge in [0.15, 0.2) is 11.5 Å². The van der Waals surface area contributed by atoms with Crippen LogP contribution >= 0.6 is 0 Å². The van der Waals surface area contributed by atoms with E-state index in [1.807, 2.05) is 19.1 Å². The summed E-state index contributed by atoms with van der Waals surface area (Å²) in [4.78, 5) is 29.2. The smallest absolute Gasteiger partial charge is 0.295 e. The Hall–Kier alpha value is -3.36. The first-order valence-corrected chi connectivity index (χ1v) is 11.6. The topological polar surface area (TPSA) is 101 Å². The maximum Gasteiger partial charge on any atom is 0.295 e. The monoisotopic (exact) mass is 467 g/mol. The van der Waals surface area contributed by atoms with Crippen molar-refractivity contribution in [2.24, 2.45) is 0 Å². The molecule has 34 heavy (non-hydrogen) atoms. The van der Waals surface area contributed by atoms with Crippen LogP contribution in [0.25, 0.3) is 5.76 Å². The van der Waals surface area contributed by atoms with E-state index in [1.54, 1.807) is 31.2 Å². The largest absolute Gasteiger partial charge is 0.507 e. The molecule has 3 N–H and O–H groups in total. The molecule has 1 amide bonds. The number of nitrogens with one attached hydrogen (secondary N) is 1. The molecule has 0 aromatic heterocycles. The number of hydrogen-bond acceptors (Lipinski definition) is 6. The lowest BCUT2D eigenvalue weighted by Crippen LogP contribution is -3.14. The molecule has 2 saturated heterocycles. The minimum absolute atomic E-state index is 0.0288. The van der Waals surface area contributed by atoms with E-state index >= 15 is 0 Å². The highest BCUT2D eigenvalue weighted by Gasteiger charge is 2.46. The molecular formula is C26H31N2O6+. The number of phenols is 1. The summed E-state index contributed by atoms with van der Waals surface area (Å²) in [6, 6.07) is 11.1. The van der Waals surface area contributed by atoms with Gasteiger partial charge in [0.05, 0.1) is 44.5 Å². The lowest BCUT2D eigenvalue weighted by molar-refractivity contribution is -0.907. The van der Waals surface area contributed by atoms with Crippen LogP contribution in [-0.2, 0) is 14.3 Å². The highest BCUT2D eigenvalue weighted by molar-refractivity contribution is 6.46. The van der Waals surface area contributed by atoms with Crippen molar-refractivity contribution in [2.45, 2.75) is 19.9 Å². The number of amides is 1. The van der Waals surface area contributed by atoms with Crippen LogP contribution < -0.4 is 9.64 Å². The molecule has 2 aliphatic heterocycles. The predicted molar refractivity (Wildman–Crippen MR) is 126 cm³/mol. The number of benzene rings is 2. The van der Waals surface area contributed by atoms with Crippen LogP contribution in [-0.4, -0.2) is 72.8 Å². The SMILES string of the molecule is CCOc1cc(C2C(=C(O)c3ccc(C)cc3)C(=O)C(=O)N2CC[NH+]2CCOCC2)ccc1O. The molecule has 1 atom stereocenters. The van der Waals surface area contributed by atoms with Crippen LogP contribution in [0.2, 0.25) is 0 Å². The third-order valence-electron chi connectivity index (χ3n) is 6.37. The Morgan fingerprint density at radius 3 is 2.53 bits per heavy atom. The molecule has 8 heteroatoms. The Morgan fingerprint density at radius 2 is 1.85 bits per heavy atom. The number of ether oxygens (including phenoxy) is 2. The summed E-state index contributed by atoms with van der Waals surface area (Å²) < 4.78 is 11.0. The molecule has 0 saturated carbocycles. The van der Waals surface area contributed by atoms with Crippen molar-refractivity contribution in [1.82, 2.24) is 4.90 Å². The summed E-state index contributed by atoms with van der Waals surface area (Å²) in [6.07, 6.45) is 0. The van der Waals surface area contributed by atoms with Gasteiger partial charge in [-0.05, 0) is 31.5 Å². The van der Waals surface area contributed by atoms with E-state index in [0.717, 1.165) is 18.7 Å². The number of Topliss-reactive ketones (excluding diaryl/α,β-unsaturated/α-hetero) is 1. The summed E-state index contributed by atoms with van der Waals surface area (Å²) in [5.74, 6) is -1.34. The fourth-order valence-electron chi connectivity index (χ4n) is 4.48. The number of morpholine rings is 1. The average molecular weight is 468 g/mol. The lowest BCUT2D eigenvalue weighted by Gasteiger charge is -2.29. The van der Waals surface area contributed by atoms with Gasteiger partial charge < -0.3 is 29.5 Å². The number of nitrogens with zero attached hydrogens (tertiary/aromatic N) is 1. The van der Waals surface area contributed by atoms with Crippen LogP contribution in [0.3, 0.4) is 0 Å². The van der Waals surface area contributed by atoms with Crippen molar-refractivity contribution in [3.63, 3.8) is 0 Å². The maximum atomic E-state index is 13.2. The number of likely N-dealkylation sites (tertiary alicyclic amines) is 1. The van der Waals surface area contributed by atoms with E-state index in [2.05, 4.69) is 0 Å². The highest BCUT2D eigenvalue weighted by atomic mass is 16.5. The third kappa shape index (κ3) is 4.78. The second kappa shape index (κ2) is 10.3. The molecule has 0 bridgehead atoms. The van der Waals surface area contributed by atoms with Crippen LogP contribution in [0.5, 0.6) is 11.5 Å². The molecule has 2 aromatic rings. The van der Waals surface area contributed by atoms with Gasteiger partial charge in [0.25, 0.3) is 11.7 Å². The number of aliphatic hydroxyl groups excluding tert-OH is 1. The van der Waals surface area contributed by atoms with Crippen molar-refractivity contribution in [2.75, 3.05) is 46.0 Å². The zero-order valence-corrected chi connectivity index (χ0v) is 19.5. The Labute approximate surface area is 199 Å². The van der Waals surface area contributed by atoms with E-state index in [9.17, 15) is 19.8 Å². The van der Waals surface area contributed by atoms with Crippen LogP contribution in [0.15, 0.2) is 48.0 Å². The minimum Gasteiger partial charge on any atom is -0.507 e. The molecule has 1 unspecified atom stereocenters. The zero-order valence-electron chi connectivity index (χ0n) is 19.5. The van der Waals surface area contributed by atoms with Gasteiger partial charge in [0.1, 0.15) is 18.8 Å². The second-order valence-corrected chi connectivity index (χ2v) is 8.63. The van der Waals surface area contributed by atoms with Gasteiger partial charge >= 0.3 is 0 Å². The number of ketones is 1. The number of carbonyl (C=O) groups excluding carboxylic acids is 2. The number of carbonyl (C=O) groups is 2. The van der Waals surface area contributed by atoms with Gasteiger partial charge in [-0.15, -0.1) is 0 Å². The summed E-state index contributed by atoms with van der Waals surface area (Å²) in [5, 5.41) is 21.4. The average Bonchev–Trinajstić information content (AvgIpc) is 3.10. The lowest BCUT2D eigenvalue weighted by atomic mass is 9.94. The molecular weight excluding hydrogens is 436 g/mol. The van der Waals surface area contributed by atoms with E-state index in [-0.39, 0.29) is 22.8 Å². The minimum atomic E-state index is -0.790. The quantitative estimate of drug-likeness (QED) is 0.324. The van der Waals surface area contributed by atoms with Crippen molar-refractivity contribution < 1.29 is 34.2 Å². The van der Waals surface area contributed by atoms with Crippen molar-refractivity contribution >= 4 is 17.4 Å². The molecule has 4 rings (SSSR count). The molecule has 2 fully saturated rings. The third-order valence-corrected chi connectivity index (χ3v) is 6.37. The van der Waals surface area contributed by atoms with Gasteiger partial charge in [-0.3, -0.25) is 9.59 Å². The first-order chi connectivity index (χ1) is 16.4. The van der Waals surface area contributed by atoms with Crippen molar-refractivity contribution in [3.05, 3.63) is 64.7 Å². The Balaban J connectivity index is 1.76. The number of rotatable bonds is 7. The second-order valence-electron chi connectivity index (χ2n) is 8.63. The normalized spacial score (nSPS) is 20.6. The fourth-order valence-corrected chi connectivity index (χ4v) is 4.48. The number of aliphatic hydroxyl groups is 1. The van der Waals surface area contributed by atoms with Crippen LogP contribution in [0.4, 0.5) is 0 Å². The first kappa shape index (κ1) is 23.8. The van der Waals surface area contributed by atoms with Crippen molar-refractivity contribution in [3.8, 4) is 11.5 Å². The Bertz CT molecular complexity index is 1090. The molecule has 2 aliphatic rings. The van der Waals surface area contributed by atoms with Gasteiger partial charge in [-0.2, -0.15) is 0 Å². The summed E-state index contributed by atoms with van der Waals surface area (Å²) in [5.41, 5.74) is 2.11. The van der Waals surface area contributed by atoms with Gasteiger partial charge in [0, 0.05) is 5.56 Å².